The number of esters is 2. The average Bonchev–Trinajstić information content (AvgIpc) is 2.99. The van der Waals surface area contributed by atoms with Crippen molar-refractivity contribution >= 4 is 29.2 Å². The number of aliphatic hydroxyl groups excluding tert-OH is 1. The van der Waals surface area contributed by atoms with Crippen LogP contribution in [-0.2, 0) is 14.3 Å². The molecule has 2 atom stereocenters. The monoisotopic (exact) mass is 645 g/mol. The Labute approximate surface area is 274 Å². The van der Waals surface area contributed by atoms with Crippen molar-refractivity contribution in [2.75, 3.05) is 18.9 Å². The molecule has 0 aliphatic heterocycles. The van der Waals surface area contributed by atoms with Crippen LogP contribution in [0.4, 0.5) is 5.69 Å². The van der Waals surface area contributed by atoms with Crippen molar-refractivity contribution in [3.8, 4) is 17.2 Å². The van der Waals surface area contributed by atoms with E-state index >= 15 is 0 Å². The summed E-state index contributed by atoms with van der Waals surface area (Å²) in [6, 6.07) is 13.3. The normalized spacial score (nSPS) is 14.8. The minimum atomic E-state index is -1.04. The van der Waals surface area contributed by atoms with Crippen LogP contribution in [0.3, 0.4) is 0 Å². The molecular formula is C37H43NO9. The number of aromatic hydroxyl groups is 1. The lowest BCUT2D eigenvalue weighted by Crippen LogP contribution is -2.44. The number of ether oxygens (including phenoxy) is 3. The van der Waals surface area contributed by atoms with Crippen LogP contribution in [0, 0.1) is 16.2 Å². The molecule has 0 fully saturated rings. The molecule has 0 spiro atoms. The van der Waals surface area contributed by atoms with E-state index in [0.717, 1.165) is 0 Å². The van der Waals surface area contributed by atoms with Gasteiger partial charge in [-0.2, -0.15) is 0 Å². The highest BCUT2D eigenvalue weighted by molar-refractivity contribution is 6.31. The molecule has 3 aromatic rings. The maximum atomic E-state index is 13.2. The zero-order valence-corrected chi connectivity index (χ0v) is 27.9. The first kappa shape index (κ1) is 35.2. The van der Waals surface area contributed by atoms with Gasteiger partial charge in [0, 0.05) is 23.6 Å². The van der Waals surface area contributed by atoms with Gasteiger partial charge in [-0.05, 0) is 48.4 Å². The minimum Gasteiger partial charge on any atom is -0.507 e. The number of phenolic OH excluding ortho intramolecular Hbond substituents is 1. The number of ketones is 2. The van der Waals surface area contributed by atoms with Crippen molar-refractivity contribution in [2.45, 2.75) is 67.4 Å². The van der Waals surface area contributed by atoms with Crippen molar-refractivity contribution in [1.82, 2.24) is 0 Å². The van der Waals surface area contributed by atoms with Crippen LogP contribution >= 0.6 is 0 Å². The Morgan fingerprint density at radius 2 is 1.43 bits per heavy atom. The van der Waals surface area contributed by atoms with Gasteiger partial charge in [-0.1, -0.05) is 65.8 Å². The van der Waals surface area contributed by atoms with Gasteiger partial charge in [0.15, 0.2) is 17.3 Å². The van der Waals surface area contributed by atoms with Crippen LogP contribution in [0.5, 0.6) is 17.2 Å². The number of aliphatic hydroxyl groups is 1. The summed E-state index contributed by atoms with van der Waals surface area (Å²) >= 11 is 0. The largest absolute Gasteiger partial charge is 0.507 e. The number of rotatable bonds is 10. The molecule has 2 unspecified atom stereocenters. The smallest absolute Gasteiger partial charge is 0.338 e. The minimum absolute atomic E-state index is 0.0208. The fourth-order valence-electron chi connectivity index (χ4n) is 5.63. The van der Waals surface area contributed by atoms with Gasteiger partial charge in [0.25, 0.3) is 0 Å². The number of benzene rings is 3. The number of nitrogen functional groups attached to an aromatic ring is 1. The number of anilines is 1. The summed E-state index contributed by atoms with van der Waals surface area (Å²) < 4.78 is 16.6. The van der Waals surface area contributed by atoms with Crippen molar-refractivity contribution in [1.29, 1.82) is 0 Å². The second-order valence-electron chi connectivity index (χ2n) is 14.4. The molecule has 47 heavy (non-hydrogen) atoms. The van der Waals surface area contributed by atoms with Crippen molar-refractivity contribution in [3.05, 3.63) is 82.4 Å². The predicted octanol–water partition coefficient (Wildman–Crippen LogP) is 6.48. The SMILES string of the molecule is CC(C)(C)CC(C)(C(=O)OCCC(O)COC(=O)c1ccc(Oc2cc(O)c3c(c2N)C(=O)c2ccccc2C3=O)cc1)C(C)(C)C. The lowest BCUT2D eigenvalue weighted by Gasteiger charge is -2.43. The molecular weight excluding hydrogens is 602 g/mol. The van der Waals surface area contributed by atoms with E-state index in [-0.39, 0.29) is 81.4 Å². The summed E-state index contributed by atoms with van der Waals surface area (Å²) in [5.74, 6) is -2.29. The van der Waals surface area contributed by atoms with Crippen LogP contribution in [0.25, 0.3) is 0 Å². The molecule has 0 radical (unpaired) electrons. The molecule has 1 aliphatic rings. The highest BCUT2D eigenvalue weighted by Gasteiger charge is 2.47. The third-order valence-electron chi connectivity index (χ3n) is 8.58. The standard InChI is InChI=1S/C37H43NO9/c1-35(2,3)20-37(7,36(4,5)6)34(44)45-17-16-22(39)19-46-33(43)21-12-14-23(15-13-21)47-27-18-26(40)28-29(30(27)38)32(42)25-11-9-8-10-24(25)31(28)41/h8-15,18,22,39-40H,16-17,19-20,38H2,1-7H3. The second-order valence-corrected chi connectivity index (χ2v) is 14.4. The summed E-state index contributed by atoms with van der Waals surface area (Å²) in [5.41, 5.74) is 5.22. The maximum Gasteiger partial charge on any atom is 0.338 e. The van der Waals surface area contributed by atoms with E-state index in [9.17, 15) is 29.4 Å². The first-order valence-corrected chi connectivity index (χ1v) is 15.5. The van der Waals surface area contributed by atoms with Crippen LogP contribution in [-0.4, -0.2) is 53.0 Å². The Kier molecular flexibility index (Phi) is 9.87. The lowest BCUT2D eigenvalue weighted by atomic mass is 9.61. The molecule has 0 bridgehead atoms. The maximum absolute atomic E-state index is 13.2. The molecule has 10 nitrogen and oxygen atoms in total. The van der Waals surface area contributed by atoms with Gasteiger partial charge in [0.1, 0.15) is 18.1 Å². The highest BCUT2D eigenvalue weighted by atomic mass is 16.5. The molecule has 1 aliphatic carbocycles. The number of fused-ring (bicyclic) bond motifs is 2. The number of carbonyl (C=O) groups excluding carboxylic acids is 4. The van der Waals surface area contributed by atoms with Gasteiger partial charge < -0.3 is 30.2 Å². The third kappa shape index (κ3) is 7.49. The lowest BCUT2D eigenvalue weighted by molar-refractivity contribution is -0.165. The third-order valence-corrected chi connectivity index (χ3v) is 8.58. The van der Waals surface area contributed by atoms with Gasteiger partial charge in [0.05, 0.1) is 40.5 Å². The highest BCUT2D eigenvalue weighted by Crippen LogP contribution is 2.47. The summed E-state index contributed by atoms with van der Waals surface area (Å²) in [7, 11) is 0. The van der Waals surface area contributed by atoms with E-state index in [2.05, 4.69) is 20.8 Å². The molecule has 4 N–H and O–H groups in total. The number of carbonyl (C=O) groups is 4. The van der Waals surface area contributed by atoms with Crippen molar-refractivity contribution in [2.24, 2.45) is 16.2 Å². The van der Waals surface area contributed by atoms with Crippen molar-refractivity contribution in [3.63, 3.8) is 0 Å². The Morgan fingerprint density at radius 3 is 1.98 bits per heavy atom. The first-order valence-electron chi connectivity index (χ1n) is 15.5. The Morgan fingerprint density at radius 1 is 0.851 bits per heavy atom. The summed E-state index contributed by atoms with van der Waals surface area (Å²) in [4.78, 5) is 51.9. The van der Waals surface area contributed by atoms with Crippen molar-refractivity contribution < 1.29 is 43.6 Å². The molecule has 0 aromatic heterocycles. The quantitative estimate of drug-likeness (QED) is 0.0988. The molecule has 10 heteroatoms. The van der Waals surface area contributed by atoms with Crippen LogP contribution in [0.2, 0.25) is 0 Å². The molecule has 0 amide bonds. The van der Waals surface area contributed by atoms with Crippen LogP contribution < -0.4 is 10.5 Å². The summed E-state index contributed by atoms with van der Waals surface area (Å²) in [6.07, 6.45) is -0.319. The molecule has 0 saturated heterocycles. The van der Waals surface area contributed by atoms with E-state index in [1.54, 1.807) is 12.1 Å². The van der Waals surface area contributed by atoms with Gasteiger partial charge in [-0.15, -0.1) is 0 Å². The van der Waals surface area contributed by atoms with Crippen LogP contribution in [0.15, 0.2) is 54.6 Å². The van der Waals surface area contributed by atoms with E-state index < -0.39 is 34.8 Å². The van der Waals surface area contributed by atoms with Crippen LogP contribution in [0.1, 0.15) is 104 Å². The van der Waals surface area contributed by atoms with E-state index in [1.807, 2.05) is 27.7 Å². The van der Waals surface area contributed by atoms with Gasteiger partial charge >= 0.3 is 11.9 Å². The zero-order chi connectivity index (χ0) is 34.9. The summed E-state index contributed by atoms with van der Waals surface area (Å²) in [6.45, 7) is 13.8. The Hall–Kier alpha value is -4.70. The number of phenols is 1. The number of nitrogens with two attached hydrogens (primary N) is 1. The fourth-order valence-corrected chi connectivity index (χ4v) is 5.63. The first-order chi connectivity index (χ1) is 21.8. The topological polar surface area (TPSA) is 162 Å². The molecule has 3 aromatic carbocycles. The molecule has 0 saturated carbocycles. The predicted molar refractivity (Wildman–Crippen MR) is 176 cm³/mol. The Balaban J connectivity index is 1.33. The molecule has 0 heterocycles. The van der Waals surface area contributed by atoms with Gasteiger partial charge in [0.2, 0.25) is 0 Å². The molecule has 4 rings (SSSR count). The van der Waals surface area contributed by atoms with E-state index in [0.29, 0.717) is 6.42 Å². The number of hydrogen-bond acceptors (Lipinski definition) is 10. The van der Waals surface area contributed by atoms with Gasteiger partial charge in [-0.25, -0.2) is 4.79 Å². The molecule has 250 valence electrons. The fraction of sp³-hybridized carbons (Fsp3) is 0.405. The second kappa shape index (κ2) is 13.2. The van der Waals surface area contributed by atoms with E-state index in [4.69, 9.17) is 19.9 Å². The average molecular weight is 646 g/mol. The summed E-state index contributed by atoms with van der Waals surface area (Å²) in [5, 5.41) is 21.0. The Bertz CT molecular complexity index is 1700. The van der Waals surface area contributed by atoms with Gasteiger partial charge in [-0.3, -0.25) is 14.4 Å². The number of hydrogen-bond donors (Lipinski definition) is 3. The van der Waals surface area contributed by atoms with E-state index in [1.165, 1.54) is 42.5 Å². The zero-order valence-electron chi connectivity index (χ0n) is 27.9.